The van der Waals surface area contributed by atoms with E-state index in [2.05, 4.69) is 32.6 Å². The van der Waals surface area contributed by atoms with Crippen molar-refractivity contribution in [2.45, 2.75) is 18.5 Å². The molecule has 3 rings (SSSR count). The fraction of sp³-hybridized carbons (Fsp3) is 0.190. The summed E-state index contributed by atoms with van der Waals surface area (Å²) in [6, 6.07) is 13.7. The highest BCUT2D eigenvalue weighted by Gasteiger charge is 2.31. The summed E-state index contributed by atoms with van der Waals surface area (Å²) in [6.45, 7) is 0. The first-order valence-corrected chi connectivity index (χ1v) is 10.7. The van der Waals surface area contributed by atoms with Crippen molar-refractivity contribution in [2.24, 2.45) is 0 Å². The summed E-state index contributed by atoms with van der Waals surface area (Å²) in [5, 5.41) is 15.0. The number of alkyl halides is 3. The quantitative estimate of drug-likeness (QED) is 0.581. The number of halogens is 4. The molecule has 160 valence electrons. The number of nitriles is 1. The second-order valence-corrected chi connectivity index (χ2v) is 8.53. The van der Waals surface area contributed by atoms with Crippen molar-refractivity contribution < 1.29 is 22.8 Å². The maximum atomic E-state index is 12.8. The average molecular weight is 510 g/mol. The van der Waals surface area contributed by atoms with E-state index in [1.54, 1.807) is 6.07 Å². The third-order valence-electron chi connectivity index (χ3n) is 4.43. The van der Waals surface area contributed by atoms with Gasteiger partial charge in [-0.3, -0.25) is 9.59 Å². The Morgan fingerprint density at radius 3 is 2.68 bits per heavy atom. The van der Waals surface area contributed by atoms with Crippen LogP contribution < -0.4 is 10.6 Å². The van der Waals surface area contributed by atoms with E-state index >= 15 is 0 Å². The van der Waals surface area contributed by atoms with Crippen LogP contribution in [-0.4, -0.2) is 17.6 Å². The molecular formula is C21H15BrF3N3O2S. The molecule has 1 atom stereocenters. The molecule has 31 heavy (non-hydrogen) atoms. The van der Waals surface area contributed by atoms with Gasteiger partial charge in [0.25, 0.3) is 0 Å². The SMILES string of the molecule is N#CC1=C(SCC(=O)Nc2cccc(C(F)(F)F)c2)NC(=O)C[C@H]1c1cccc(Br)c1. The molecule has 0 radical (unpaired) electrons. The first-order valence-electron chi connectivity index (χ1n) is 8.97. The number of amides is 2. The highest BCUT2D eigenvalue weighted by molar-refractivity contribution is 9.10. The second-order valence-electron chi connectivity index (χ2n) is 6.63. The number of nitrogens with zero attached hydrogens (tertiary/aromatic N) is 1. The van der Waals surface area contributed by atoms with Crippen molar-refractivity contribution in [2.75, 3.05) is 11.1 Å². The Balaban J connectivity index is 1.74. The zero-order valence-electron chi connectivity index (χ0n) is 15.8. The van der Waals surface area contributed by atoms with Crippen molar-refractivity contribution in [3.05, 3.63) is 74.7 Å². The third-order valence-corrected chi connectivity index (χ3v) is 5.94. The topological polar surface area (TPSA) is 82.0 Å². The number of hydrogen-bond acceptors (Lipinski definition) is 4. The largest absolute Gasteiger partial charge is 0.416 e. The van der Waals surface area contributed by atoms with Crippen LogP contribution in [0.1, 0.15) is 23.5 Å². The van der Waals surface area contributed by atoms with Gasteiger partial charge in [-0.05, 0) is 35.9 Å². The highest BCUT2D eigenvalue weighted by atomic mass is 79.9. The van der Waals surface area contributed by atoms with E-state index in [9.17, 15) is 28.0 Å². The number of benzene rings is 2. The fourth-order valence-corrected chi connectivity index (χ4v) is 4.34. The monoisotopic (exact) mass is 509 g/mol. The molecule has 0 unspecified atom stereocenters. The van der Waals surface area contributed by atoms with Gasteiger partial charge < -0.3 is 10.6 Å². The predicted octanol–water partition coefficient (Wildman–Crippen LogP) is 5.18. The highest BCUT2D eigenvalue weighted by Crippen LogP contribution is 2.37. The van der Waals surface area contributed by atoms with E-state index in [0.717, 1.165) is 33.9 Å². The summed E-state index contributed by atoms with van der Waals surface area (Å²) in [6.07, 6.45) is -4.42. The van der Waals surface area contributed by atoms with E-state index in [-0.39, 0.29) is 28.8 Å². The molecule has 1 aliphatic rings. The van der Waals surface area contributed by atoms with Crippen LogP contribution in [0.15, 0.2) is 63.6 Å². The van der Waals surface area contributed by atoms with Gasteiger partial charge in [-0.25, -0.2) is 0 Å². The molecule has 0 aromatic heterocycles. The molecule has 2 aromatic carbocycles. The van der Waals surface area contributed by atoms with Gasteiger partial charge in [0.15, 0.2) is 0 Å². The van der Waals surface area contributed by atoms with Crippen LogP contribution in [-0.2, 0) is 15.8 Å². The number of thioether (sulfide) groups is 1. The number of nitrogens with one attached hydrogen (secondary N) is 2. The van der Waals surface area contributed by atoms with Crippen LogP contribution in [0, 0.1) is 11.3 Å². The second kappa shape index (κ2) is 9.58. The number of carbonyl (C=O) groups is 2. The summed E-state index contributed by atoms with van der Waals surface area (Å²) in [7, 11) is 0. The van der Waals surface area contributed by atoms with E-state index in [0.29, 0.717) is 5.57 Å². The number of rotatable bonds is 5. The van der Waals surface area contributed by atoms with Gasteiger partial charge in [0.1, 0.15) is 0 Å². The van der Waals surface area contributed by atoms with Gasteiger partial charge in [-0.15, -0.1) is 0 Å². The molecular weight excluding hydrogens is 495 g/mol. The first kappa shape index (κ1) is 22.9. The van der Waals surface area contributed by atoms with Gasteiger partial charge in [-0.2, -0.15) is 18.4 Å². The lowest BCUT2D eigenvalue weighted by Crippen LogP contribution is -2.31. The molecule has 0 aliphatic carbocycles. The van der Waals surface area contributed by atoms with Gasteiger partial charge in [0.05, 0.1) is 28.0 Å². The van der Waals surface area contributed by atoms with Gasteiger partial charge >= 0.3 is 6.18 Å². The minimum Gasteiger partial charge on any atom is -0.325 e. The molecule has 0 saturated heterocycles. The van der Waals surface area contributed by atoms with E-state index in [1.165, 1.54) is 12.1 Å². The van der Waals surface area contributed by atoms with Crippen LogP contribution in [0.4, 0.5) is 18.9 Å². The van der Waals surface area contributed by atoms with Crippen LogP contribution in [0.25, 0.3) is 0 Å². The molecule has 2 aromatic rings. The average Bonchev–Trinajstić information content (AvgIpc) is 2.71. The zero-order chi connectivity index (χ0) is 22.6. The van der Waals surface area contributed by atoms with Crippen molar-refractivity contribution >= 4 is 45.2 Å². The fourth-order valence-electron chi connectivity index (χ4n) is 3.05. The van der Waals surface area contributed by atoms with Crippen LogP contribution in [0.2, 0.25) is 0 Å². The van der Waals surface area contributed by atoms with Crippen LogP contribution >= 0.6 is 27.7 Å². The van der Waals surface area contributed by atoms with Crippen molar-refractivity contribution in [3.8, 4) is 6.07 Å². The normalized spacial score (nSPS) is 16.5. The molecule has 2 N–H and O–H groups in total. The maximum absolute atomic E-state index is 12.8. The lowest BCUT2D eigenvalue weighted by atomic mass is 9.87. The number of hydrogen-bond donors (Lipinski definition) is 2. The standard InChI is InChI=1S/C21H15BrF3N3O2S/c22-14-5-1-3-12(7-14)16-9-18(29)28-20(17(16)10-26)31-11-19(30)27-15-6-2-4-13(8-15)21(23,24)25/h1-8,16H,9,11H2,(H,27,30)(H,28,29)/t16-/m0/s1. The Bertz CT molecular complexity index is 1100. The maximum Gasteiger partial charge on any atom is 0.416 e. The number of allylic oxidation sites excluding steroid dienone is 1. The molecule has 0 spiro atoms. The molecule has 0 fully saturated rings. The Hall–Kier alpha value is -2.77. The summed E-state index contributed by atoms with van der Waals surface area (Å²) < 4.78 is 39.3. The Morgan fingerprint density at radius 2 is 2.00 bits per heavy atom. The van der Waals surface area contributed by atoms with Gasteiger partial charge in [-0.1, -0.05) is 45.9 Å². The molecule has 5 nitrogen and oxygen atoms in total. The lowest BCUT2D eigenvalue weighted by Gasteiger charge is -2.25. The van der Waals surface area contributed by atoms with Crippen molar-refractivity contribution in [3.63, 3.8) is 0 Å². The zero-order valence-corrected chi connectivity index (χ0v) is 18.2. The third kappa shape index (κ3) is 5.89. The van der Waals surface area contributed by atoms with E-state index in [4.69, 9.17) is 0 Å². The minimum absolute atomic E-state index is 0.00889. The van der Waals surface area contributed by atoms with Gasteiger partial charge in [0.2, 0.25) is 11.8 Å². The smallest absolute Gasteiger partial charge is 0.325 e. The molecule has 2 amide bonds. The predicted molar refractivity (Wildman–Crippen MR) is 115 cm³/mol. The number of carbonyl (C=O) groups excluding carboxylic acids is 2. The van der Waals surface area contributed by atoms with E-state index < -0.39 is 23.6 Å². The molecule has 0 bridgehead atoms. The van der Waals surface area contributed by atoms with Crippen LogP contribution in [0.5, 0.6) is 0 Å². The molecule has 1 heterocycles. The summed E-state index contributed by atoms with van der Waals surface area (Å²) >= 11 is 4.32. The molecule has 0 saturated carbocycles. The first-order chi connectivity index (χ1) is 14.7. The summed E-state index contributed by atoms with van der Waals surface area (Å²) in [4.78, 5) is 24.4. The lowest BCUT2D eigenvalue weighted by molar-refractivity contribution is -0.137. The Labute approximate surface area is 188 Å². The van der Waals surface area contributed by atoms with Crippen molar-refractivity contribution in [1.82, 2.24) is 5.32 Å². The molecule has 1 aliphatic heterocycles. The van der Waals surface area contributed by atoms with E-state index in [1.807, 2.05) is 18.2 Å². The van der Waals surface area contributed by atoms with Crippen LogP contribution in [0.3, 0.4) is 0 Å². The summed E-state index contributed by atoms with van der Waals surface area (Å²) in [5.41, 5.74) is 0.250. The Morgan fingerprint density at radius 1 is 1.26 bits per heavy atom. The summed E-state index contributed by atoms with van der Waals surface area (Å²) in [5.74, 6) is -1.50. The Kier molecular flexibility index (Phi) is 7.08. The van der Waals surface area contributed by atoms with Gasteiger partial charge in [0, 0.05) is 22.5 Å². The number of anilines is 1. The van der Waals surface area contributed by atoms with Crippen molar-refractivity contribution in [1.29, 1.82) is 5.26 Å². The molecule has 10 heteroatoms. The minimum atomic E-state index is -4.52.